The van der Waals surface area contributed by atoms with E-state index in [0.717, 1.165) is 25.7 Å². The van der Waals surface area contributed by atoms with Crippen molar-refractivity contribution in [1.82, 2.24) is 0 Å². The van der Waals surface area contributed by atoms with E-state index in [-0.39, 0.29) is 13.3 Å². The summed E-state index contributed by atoms with van der Waals surface area (Å²) in [4.78, 5) is 0. The number of hydrogen-bond donors (Lipinski definition) is 0. The van der Waals surface area contributed by atoms with Crippen LogP contribution in [0.1, 0.15) is 64.2 Å². The molecule has 0 N–H and O–H groups in total. The molecule has 0 heterocycles. The Balaban J connectivity index is 2.78. The van der Waals surface area contributed by atoms with E-state index in [0.29, 0.717) is 0 Å². The molecule has 0 aromatic heterocycles. The highest BCUT2D eigenvalue weighted by atomic mass is 19.1. The number of unbranched alkanes of at least 4 members (excludes halogenated alkanes) is 9. The maximum Gasteiger partial charge on any atom is 0.0894 e. The minimum atomic E-state index is -0.158. The van der Waals surface area contributed by atoms with Gasteiger partial charge >= 0.3 is 0 Å². The zero-order valence-corrected chi connectivity index (χ0v) is 9.27. The Kier molecular flexibility index (Phi) is 12.8. The first-order chi connectivity index (χ1) is 6.91. The van der Waals surface area contributed by atoms with Gasteiger partial charge in [-0.1, -0.05) is 51.4 Å². The van der Waals surface area contributed by atoms with Gasteiger partial charge in [0.15, 0.2) is 0 Å². The van der Waals surface area contributed by atoms with Crippen LogP contribution in [0, 0.1) is 0 Å². The van der Waals surface area contributed by atoms with Crippen LogP contribution in [0.5, 0.6) is 0 Å². The minimum absolute atomic E-state index is 0.0865. The molecule has 14 heavy (non-hydrogen) atoms. The molecule has 0 rings (SSSR count). The van der Waals surface area contributed by atoms with Gasteiger partial charge in [-0.2, -0.15) is 0 Å². The summed E-state index contributed by atoms with van der Waals surface area (Å²) in [5.41, 5.74) is 0. The zero-order valence-electron chi connectivity index (χ0n) is 9.27. The van der Waals surface area contributed by atoms with Crippen molar-refractivity contribution in [2.45, 2.75) is 64.2 Å². The lowest BCUT2D eigenvalue weighted by atomic mass is 10.1. The summed E-state index contributed by atoms with van der Waals surface area (Å²) in [6, 6.07) is 0. The van der Waals surface area contributed by atoms with Crippen LogP contribution < -0.4 is 0 Å². The number of alkyl halides is 1. The summed E-state index contributed by atoms with van der Waals surface area (Å²) in [5.74, 6) is 0. The molecule has 0 saturated carbocycles. The molecule has 0 aliphatic heterocycles. The normalized spacial score (nSPS) is 10.7. The van der Waals surface area contributed by atoms with Crippen molar-refractivity contribution in [2.24, 2.45) is 0 Å². The second kappa shape index (κ2) is 12.9. The third-order valence-corrected chi connectivity index (χ3v) is 2.53. The van der Waals surface area contributed by atoms with E-state index in [1.165, 1.54) is 38.5 Å². The predicted molar refractivity (Wildman–Crippen MR) is 57.7 cm³/mol. The van der Waals surface area contributed by atoms with Gasteiger partial charge in [-0.15, -0.1) is 0 Å². The fourth-order valence-corrected chi connectivity index (χ4v) is 1.61. The fourth-order valence-electron chi connectivity index (χ4n) is 1.61. The van der Waals surface area contributed by atoms with Gasteiger partial charge in [-0.05, 0) is 12.8 Å². The second-order valence-corrected chi connectivity index (χ2v) is 3.93. The topological polar surface area (TPSA) is 19.9 Å². The highest BCUT2D eigenvalue weighted by Gasteiger charge is 1.92. The van der Waals surface area contributed by atoms with Crippen molar-refractivity contribution < 1.29 is 9.50 Å². The Bertz CT molecular complexity index is 84.3. The van der Waals surface area contributed by atoms with Crippen LogP contribution in [-0.2, 0) is 5.11 Å². The second-order valence-electron chi connectivity index (χ2n) is 3.93. The van der Waals surface area contributed by atoms with E-state index in [1.54, 1.807) is 0 Å². The largest absolute Gasteiger partial charge is 0.251 e. The average molecular weight is 203 g/mol. The smallest absolute Gasteiger partial charge is 0.0894 e. The molecular formula is C12H24FO. The Morgan fingerprint density at radius 3 is 1.29 bits per heavy atom. The summed E-state index contributed by atoms with van der Waals surface area (Å²) in [6.45, 7) is -0.0710. The highest BCUT2D eigenvalue weighted by Crippen LogP contribution is 2.10. The van der Waals surface area contributed by atoms with Gasteiger partial charge in [0, 0.05) is 0 Å². The fraction of sp³-hybridized carbons (Fsp3) is 1.00. The maximum absolute atomic E-state index is 11.7. The minimum Gasteiger partial charge on any atom is -0.251 e. The van der Waals surface area contributed by atoms with Crippen LogP contribution in [-0.4, -0.2) is 13.3 Å². The molecule has 0 aliphatic rings. The van der Waals surface area contributed by atoms with Crippen molar-refractivity contribution in [3.63, 3.8) is 0 Å². The third-order valence-electron chi connectivity index (χ3n) is 2.53. The lowest BCUT2D eigenvalue weighted by Gasteiger charge is -2.00. The first-order valence-corrected chi connectivity index (χ1v) is 6.06. The number of hydrogen-bond acceptors (Lipinski definition) is 0. The van der Waals surface area contributed by atoms with Crippen LogP contribution in [0.4, 0.5) is 4.39 Å². The molecule has 0 spiro atoms. The molecule has 0 saturated heterocycles. The van der Waals surface area contributed by atoms with Crippen molar-refractivity contribution in [3.8, 4) is 0 Å². The summed E-state index contributed by atoms with van der Waals surface area (Å²) in [7, 11) is 0. The quantitative estimate of drug-likeness (QED) is 0.446. The molecule has 0 aliphatic carbocycles. The molecule has 0 aromatic carbocycles. The number of halogens is 1. The van der Waals surface area contributed by atoms with Gasteiger partial charge in [0.2, 0.25) is 0 Å². The number of rotatable bonds is 11. The Labute approximate surface area is 87.7 Å². The maximum atomic E-state index is 11.7. The molecule has 1 radical (unpaired) electrons. The zero-order chi connectivity index (χ0) is 10.5. The molecule has 0 unspecified atom stereocenters. The van der Waals surface area contributed by atoms with Gasteiger partial charge in [0.05, 0.1) is 13.3 Å². The Morgan fingerprint density at radius 2 is 0.929 bits per heavy atom. The third kappa shape index (κ3) is 11.9. The molecule has 2 heteroatoms. The summed E-state index contributed by atoms with van der Waals surface area (Å²) in [5, 5.41) is 10.1. The monoisotopic (exact) mass is 203 g/mol. The van der Waals surface area contributed by atoms with E-state index < -0.39 is 0 Å². The van der Waals surface area contributed by atoms with Gasteiger partial charge in [0.25, 0.3) is 0 Å². The summed E-state index contributed by atoms with van der Waals surface area (Å²) in [6.07, 6.45) is 11.2. The molecule has 0 bridgehead atoms. The van der Waals surface area contributed by atoms with Crippen molar-refractivity contribution in [2.75, 3.05) is 13.3 Å². The first kappa shape index (κ1) is 13.9. The van der Waals surface area contributed by atoms with Crippen LogP contribution in [0.15, 0.2) is 0 Å². The lowest BCUT2D eigenvalue weighted by Crippen LogP contribution is -1.84. The Hall–Kier alpha value is -0.110. The SMILES string of the molecule is [O]CCCCCCCCCCCCF. The molecule has 85 valence electrons. The first-order valence-electron chi connectivity index (χ1n) is 6.06. The van der Waals surface area contributed by atoms with Crippen LogP contribution in [0.3, 0.4) is 0 Å². The standard InChI is InChI=1S/C12H24FO/c13-11-9-7-5-3-1-2-4-6-8-10-12-14/h1-12H2. The Morgan fingerprint density at radius 1 is 0.571 bits per heavy atom. The summed E-state index contributed by atoms with van der Waals surface area (Å²) >= 11 is 0. The van der Waals surface area contributed by atoms with Gasteiger partial charge < -0.3 is 0 Å². The highest BCUT2D eigenvalue weighted by molar-refractivity contribution is 4.47. The molecule has 1 nitrogen and oxygen atoms in total. The van der Waals surface area contributed by atoms with Gasteiger partial charge in [-0.3, -0.25) is 4.39 Å². The van der Waals surface area contributed by atoms with Crippen LogP contribution in [0.25, 0.3) is 0 Å². The summed E-state index contributed by atoms with van der Waals surface area (Å²) < 4.78 is 11.7. The van der Waals surface area contributed by atoms with E-state index in [9.17, 15) is 9.50 Å². The van der Waals surface area contributed by atoms with Crippen molar-refractivity contribution >= 4 is 0 Å². The van der Waals surface area contributed by atoms with E-state index in [2.05, 4.69) is 0 Å². The van der Waals surface area contributed by atoms with E-state index in [4.69, 9.17) is 0 Å². The van der Waals surface area contributed by atoms with Gasteiger partial charge in [-0.25, -0.2) is 5.11 Å². The molecule has 0 fully saturated rings. The molecule has 0 atom stereocenters. The predicted octanol–water partition coefficient (Wildman–Crippen LogP) is 4.29. The lowest BCUT2D eigenvalue weighted by molar-refractivity contribution is 0.186. The van der Waals surface area contributed by atoms with E-state index in [1.807, 2.05) is 0 Å². The van der Waals surface area contributed by atoms with Crippen molar-refractivity contribution in [1.29, 1.82) is 0 Å². The average Bonchev–Trinajstić information content (AvgIpc) is 2.21. The van der Waals surface area contributed by atoms with Crippen LogP contribution in [0.2, 0.25) is 0 Å². The molecule has 0 aromatic rings. The molecular weight excluding hydrogens is 179 g/mol. The molecule has 0 amide bonds. The van der Waals surface area contributed by atoms with Crippen LogP contribution >= 0.6 is 0 Å². The van der Waals surface area contributed by atoms with Crippen molar-refractivity contribution in [3.05, 3.63) is 0 Å². The van der Waals surface area contributed by atoms with Gasteiger partial charge in [0.1, 0.15) is 0 Å². The van der Waals surface area contributed by atoms with E-state index >= 15 is 0 Å².